The molecule has 5 heteroatoms. The molecule has 0 spiro atoms. The van der Waals surface area contributed by atoms with Gasteiger partial charge < -0.3 is 15.3 Å². The summed E-state index contributed by atoms with van der Waals surface area (Å²) in [6, 6.07) is 0. The van der Waals surface area contributed by atoms with Crippen LogP contribution in [0.3, 0.4) is 0 Å². The van der Waals surface area contributed by atoms with E-state index < -0.39 is 8.07 Å². The van der Waals surface area contributed by atoms with Gasteiger partial charge in [-0.1, -0.05) is 0 Å². The molecule has 0 saturated heterocycles. The molecule has 0 atom stereocenters. The number of rotatable bonds is 1. The second kappa shape index (κ2) is 18.2. The van der Waals surface area contributed by atoms with Crippen molar-refractivity contribution in [3.8, 4) is 0 Å². The van der Waals surface area contributed by atoms with E-state index >= 15 is 0 Å². The molecule has 3 nitrogen and oxygen atoms in total. The number of aliphatic hydroxyl groups is 3. The van der Waals surface area contributed by atoms with Gasteiger partial charge in [0.2, 0.25) is 0 Å². The van der Waals surface area contributed by atoms with E-state index in [4.69, 9.17) is 15.3 Å². The van der Waals surface area contributed by atoms with Crippen LogP contribution in [-0.4, -0.2) is 61.2 Å². The van der Waals surface area contributed by atoms with E-state index in [1.165, 1.54) is 4.03 Å². The van der Waals surface area contributed by atoms with Crippen molar-refractivity contribution >= 4 is 24.6 Å². The number of hydrogen-bond donors (Lipinski definition) is 3. The number of aliphatic hydroxyl groups excluding tert-OH is 3. The van der Waals surface area contributed by atoms with Gasteiger partial charge in [-0.15, -0.1) is 0 Å². The summed E-state index contributed by atoms with van der Waals surface area (Å²) >= 11 is 2.12. The third-order valence-corrected chi connectivity index (χ3v) is 7.44. The fourth-order valence-electron chi connectivity index (χ4n) is 0. The molecule has 0 aliphatic rings. The second-order valence-electron chi connectivity index (χ2n) is 2.73. The third-order valence-electron chi connectivity index (χ3n) is 0.905. The summed E-state index contributed by atoms with van der Waals surface area (Å²) in [6.45, 7) is 10.8. The second-order valence-corrected chi connectivity index (χ2v) is 10.1. The van der Waals surface area contributed by atoms with E-state index in [0.717, 1.165) is 21.3 Å². The summed E-state index contributed by atoms with van der Waals surface area (Å²) in [4.78, 5) is 0. The Morgan fingerprint density at radius 1 is 0.923 bits per heavy atom. The summed E-state index contributed by atoms with van der Waals surface area (Å²) in [5.74, 6) is 0. The van der Waals surface area contributed by atoms with Gasteiger partial charge in [0.25, 0.3) is 0 Å². The van der Waals surface area contributed by atoms with Gasteiger partial charge in [0.15, 0.2) is 0 Å². The summed E-state index contributed by atoms with van der Waals surface area (Å²) in [5, 5.41) is 21.0. The minimum Gasteiger partial charge on any atom is -0.400 e. The van der Waals surface area contributed by atoms with E-state index in [0.29, 0.717) is 0 Å². The van der Waals surface area contributed by atoms with Crippen molar-refractivity contribution in [2.75, 3.05) is 21.3 Å². The van der Waals surface area contributed by atoms with Crippen LogP contribution in [-0.2, 0) is 0 Å². The summed E-state index contributed by atoms with van der Waals surface area (Å²) in [6.07, 6.45) is 0. The SMILES string of the molecule is C=[C]([Ge])[Si](C)(C)C.CO.CO.CO. The molecule has 0 aromatic heterocycles. The topological polar surface area (TPSA) is 60.7 Å². The molecule has 0 bridgehead atoms. The van der Waals surface area contributed by atoms with Crippen LogP contribution < -0.4 is 0 Å². The van der Waals surface area contributed by atoms with Crippen LogP contribution in [0.1, 0.15) is 0 Å². The molecule has 0 rings (SSSR count). The Morgan fingerprint density at radius 3 is 1.00 bits per heavy atom. The van der Waals surface area contributed by atoms with Gasteiger partial charge in [-0.3, -0.25) is 0 Å². The molecular weight excluding hydrogens is 245 g/mol. The van der Waals surface area contributed by atoms with E-state index in [9.17, 15) is 0 Å². The van der Waals surface area contributed by atoms with E-state index in [2.05, 4.69) is 42.7 Å². The molecule has 0 aliphatic carbocycles. The molecular formula is C8H23GeO3Si. The predicted molar refractivity (Wildman–Crippen MR) is 62.7 cm³/mol. The van der Waals surface area contributed by atoms with Crippen LogP contribution in [0, 0.1) is 0 Å². The number of hydrogen-bond acceptors (Lipinski definition) is 3. The Hall–Kier alpha value is 0.380. The van der Waals surface area contributed by atoms with Crippen molar-refractivity contribution in [2.24, 2.45) is 0 Å². The maximum atomic E-state index is 7.00. The van der Waals surface area contributed by atoms with Gasteiger partial charge in [-0.2, -0.15) is 0 Å². The summed E-state index contributed by atoms with van der Waals surface area (Å²) in [7, 11) is 2.07. The zero-order chi connectivity index (χ0) is 12.1. The van der Waals surface area contributed by atoms with Gasteiger partial charge >= 0.3 is 54.8 Å². The normalized spacial score (nSPS) is 7.54. The fourth-order valence-corrected chi connectivity index (χ4v) is 0. The quantitative estimate of drug-likeness (QED) is 0.602. The smallest absolute Gasteiger partial charge is 0.0319 e. The van der Waals surface area contributed by atoms with Crippen molar-refractivity contribution in [1.82, 2.24) is 0 Å². The monoisotopic (exact) mass is 269 g/mol. The third kappa shape index (κ3) is 32.8. The fraction of sp³-hybridized carbons (Fsp3) is 0.750. The van der Waals surface area contributed by atoms with Crippen molar-refractivity contribution < 1.29 is 15.3 Å². The average Bonchev–Trinajstić information content (AvgIpc) is 2.13. The first-order chi connectivity index (χ1) is 5.94. The molecule has 0 fully saturated rings. The Kier molecular flexibility index (Phi) is 32.7. The van der Waals surface area contributed by atoms with E-state index in [1.54, 1.807) is 0 Å². The van der Waals surface area contributed by atoms with Crippen molar-refractivity contribution in [1.29, 1.82) is 0 Å². The molecule has 3 radical (unpaired) electrons. The first-order valence-corrected chi connectivity index (χ1v) is 8.24. The standard InChI is InChI=1S/C5H11GeSi.3CH4O/c1-5(6)7(2,3)4;3*1-2/h1H2,2-4H3;3*2H,1H3. The molecule has 3 N–H and O–H groups in total. The zero-order valence-corrected chi connectivity index (χ0v) is 12.6. The molecule has 0 aromatic carbocycles. The summed E-state index contributed by atoms with van der Waals surface area (Å²) < 4.78 is 1.38. The molecule has 81 valence electrons. The Balaban J connectivity index is -0.0000000573. The molecule has 13 heavy (non-hydrogen) atoms. The Bertz CT molecular complexity index is 91.9. The first kappa shape index (κ1) is 23.3. The van der Waals surface area contributed by atoms with E-state index in [-0.39, 0.29) is 0 Å². The van der Waals surface area contributed by atoms with E-state index in [1.807, 2.05) is 0 Å². The van der Waals surface area contributed by atoms with Crippen LogP contribution in [0.4, 0.5) is 0 Å². The van der Waals surface area contributed by atoms with Crippen LogP contribution in [0.25, 0.3) is 0 Å². The Morgan fingerprint density at radius 2 is 1.00 bits per heavy atom. The van der Waals surface area contributed by atoms with Crippen molar-refractivity contribution in [3.63, 3.8) is 0 Å². The molecule has 0 aliphatic heterocycles. The van der Waals surface area contributed by atoms with Gasteiger partial charge in [-0.25, -0.2) is 0 Å². The molecule has 0 saturated carbocycles. The Labute approximate surface area is 91.7 Å². The van der Waals surface area contributed by atoms with Crippen molar-refractivity contribution in [3.05, 3.63) is 10.6 Å². The minimum atomic E-state index is -0.929. The minimum absolute atomic E-state index is 0.929. The molecule has 0 aromatic rings. The average molecular weight is 268 g/mol. The maximum absolute atomic E-state index is 7.00. The first-order valence-electron chi connectivity index (χ1n) is 3.70. The van der Waals surface area contributed by atoms with Gasteiger partial charge in [0.1, 0.15) is 0 Å². The van der Waals surface area contributed by atoms with Crippen LogP contribution >= 0.6 is 0 Å². The van der Waals surface area contributed by atoms with Gasteiger partial charge in [0.05, 0.1) is 0 Å². The van der Waals surface area contributed by atoms with Gasteiger partial charge in [0, 0.05) is 21.3 Å². The van der Waals surface area contributed by atoms with Crippen LogP contribution in [0.2, 0.25) is 19.6 Å². The molecule has 0 amide bonds. The maximum Gasteiger partial charge on any atom is 0.0319 e. The van der Waals surface area contributed by atoms with Crippen LogP contribution in [0.5, 0.6) is 0 Å². The predicted octanol–water partition coefficient (Wildman–Crippen LogP) is 0.371. The molecule has 0 unspecified atom stereocenters. The molecule has 0 heterocycles. The summed E-state index contributed by atoms with van der Waals surface area (Å²) in [5.41, 5.74) is 0. The van der Waals surface area contributed by atoms with Gasteiger partial charge in [-0.05, 0) is 0 Å². The largest absolute Gasteiger partial charge is 0.400 e. The van der Waals surface area contributed by atoms with Crippen LogP contribution in [0.15, 0.2) is 10.6 Å². The zero-order valence-electron chi connectivity index (χ0n) is 9.55. The van der Waals surface area contributed by atoms with Crippen molar-refractivity contribution in [2.45, 2.75) is 19.6 Å².